The van der Waals surface area contributed by atoms with Gasteiger partial charge in [-0.1, -0.05) is 13.0 Å². The van der Waals surface area contributed by atoms with E-state index in [0.717, 1.165) is 42.6 Å². The van der Waals surface area contributed by atoms with Crippen molar-refractivity contribution in [3.8, 4) is 0 Å². The Kier molecular flexibility index (Phi) is 7.89. The van der Waals surface area contributed by atoms with Gasteiger partial charge in [0, 0.05) is 25.2 Å². The molecule has 0 aromatic carbocycles. The fourth-order valence-electron chi connectivity index (χ4n) is 2.40. The highest BCUT2D eigenvalue weighted by Crippen LogP contribution is 2.04. The highest BCUT2D eigenvalue weighted by Gasteiger charge is 2.07. The Morgan fingerprint density at radius 1 is 1.27 bits per heavy atom. The van der Waals surface area contributed by atoms with Crippen LogP contribution in [0.2, 0.25) is 0 Å². The number of fused-ring (bicyclic) bond motifs is 1. The number of guanidine groups is 1. The summed E-state index contributed by atoms with van der Waals surface area (Å²) in [5.74, 6) is 2.54. The fraction of sp³-hybridized carbons (Fsp3) is 0.389. The molecule has 0 radical (unpaired) electrons. The molecule has 0 spiro atoms. The minimum Gasteiger partial charge on any atom is -0.469 e. The van der Waals surface area contributed by atoms with E-state index >= 15 is 0 Å². The molecule has 140 valence electrons. The number of pyridine rings is 1. The van der Waals surface area contributed by atoms with Crippen molar-refractivity contribution >= 4 is 35.6 Å². The topological polar surface area (TPSA) is 79.8 Å². The Morgan fingerprint density at radius 2 is 2.15 bits per heavy atom. The molecule has 3 heterocycles. The van der Waals surface area contributed by atoms with Crippen LogP contribution in [-0.2, 0) is 13.0 Å². The lowest BCUT2D eigenvalue weighted by molar-refractivity contribution is 0.506. The van der Waals surface area contributed by atoms with E-state index in [-0.39, 0.29) is 24.0 Å². The fourth-order valence-corrected chi connectivity index (χ4v) is 2.40. The predicted octanol–water partition coefficient (Wildman–Crippen LogP) is 3.02. The molecule has 2 N–H and O–H groups in total. The van der Waals surface area contributed by atoms with Crippen LogP contribution in [0.4, 0.5) is 0 Å². The molecule has 0 aliphatic rings. The molecular weight excluding hydrogens is 443 g/mol. The van der Waals surface area contributed by atoms with Crippen molar-refractivity contribution in [2.75, 3.05) is 6.54 Å². The van der Waals surface area contributed by atoms with E-state index in [4.69, 9.17) is 4.42 Å². The molecule has 0 aliphatic carbocycles. The Balaban J connectivity index is 0.00000243. The van der Waals surface area contributed by atoms with Crippen LogP contribution >= 0.6 is 24.0 Å². The Labute approximate surface area is 170 Å². The van der Waals surface area contributed by atoms with Gasteiger partial charge in [-0.15, -0.1) is 34.2 Å². The minimum absolute atomic E-state index is 0. The molecule has 3 aromatic rings. The largest absolute Gasteiger partial charge is 0.469 e. The normalized spacial score (nSPS) is 12.6. The average molecular weight is 468 g/mol. The molecule has 0 aliphatic heterocycles. The number of rotatable bonds is 7. The van der Waals surface area contributed by atoms with E-state index in [2.05, 4.69) is 39.7 Å². The standard InChI is InChI=1S/C18H24N6O.HI/c1-3-14(2)21-18(19-10-9-15-7-6-12-25-15)20-13-17-23-22-16-8-4-5-11-24(16)17;/h4-8,11-12,14H,3,9-10,13H2,1-2H3,(H2,19,20,21);1H. The Morgan fingerprint density at radius 3 is 2.92 bits per heavy atom. The maximum absolute atomic E-state index is 5.36. The maximum atomic E-state index is 5.36. The van der Waals surface area contributed by atoms with Gasteiger partial charge < -0.3 is 15.1 Å². The second-order valence-electron chi connectivity index (χ2n) is 5.92. The molecule has 0 saturated carbocycles. The van der Waals surface area contributed by atoms with Gasteiger partial charge in [0.15, 0.2) is 17.4 Å². The van der Waals surface area contributed by atoms with Gasteiger partial charge in [0.25, 0.3) is 0 Å². The molecule has 26 heavy (non-hydrogen) atoms. The number of nitrogens with one attached hydrogen (secondary N) is 2. The van der Waals surface area contributed by atoms with E-state index < -0.39 is 0 Å². The first-order chi connectivity index (χ1) is 12.3. The van der Waals surface area contributed by atoms with Crippen LogP contribution in [0.25, 0.3) is 5.65 Å². The van der Waals surface area contributed by atoms with Gasteiger partial charge in [-0.05, 0) is 37.6 Å². The molecular formula is C18H25IN6O. The number of aliphatic imine (C=N–C) groups is 1. The lowest BCUT2D eigenvalue weighted by Gasteiger charge is -2.16. The van der Waals surface area contributed by atoms with Crippen LogP contribution in [0.15, 0.2) is 52.2 Å². The lowest BCUT2D eigenvalue weighted by atomic mass is 10.3. The van der Waals surface area contributed by atoms with Crippen LogP contribution in [0.5, 0.6) is 0 Å². The van der Waals surface area contributed by atoms with Crippen LogP contribution in [0.1, 0.15) is 31.9 Å². The summed E-state index contributed by atoms with van der Waals surface area (Å²) in [5.41, 5.74) is 0.829. The first kappa shape index (κ1) is 20.2. The molecule has 8 heteroatoms. The summed E-state index contributed by atoms with van der Waals surface area (Å²) >= 11 is 0. The van der Waals surface area contributed by atoms with Crippen LogP contribution < -0.4 is 10.6 Å². The molecule has 0 bridgehead atoms. The summed E-state index contributed by atoms with van der Waals surface area (Å²) in [6.07, 6.45) is 5.47. The molecule has 0 fully saturated rings. The molecule has 1 unspecified atom stereocenters. The van der Waals surface area contributed by atoms with E-state index in [1.807, 2.05) is 40.9 Å². The lowest BCUT2D eigenvalue weighted by Crippen LogP contribution is -2.42. The first-order valence-electron chi connectivity index (χ1n) is 8.62. The van der Waals surface area contributed by atoms with Crippen molar-refractivity contribution in [3.63, 3.8) is 0 Å². The summed E-state index contributed by atoms with van der Waals surface area (Å²) in [7, 11) is 0. The van der Waals surface area contributed by atoms with Crippen molar-refractivity contribution in [1.29, 1.82) is 0 Å². The molecule has 3 aromatic heterocycles. The van der Waals surface area contributed by atoms with Gasteiger partial charge in [-0.3, -0.25) is 4.40 Å². The molecule has 7 nitrogen and oxygen atoms in total. The second kappa shape index (κ2) is 10.1. The number of hydrogen-bond acceptors (Lipinski definition) is 4. The third-order valence-corrected chi connectivity index (χ3v) is 4.00. The van der Waals surface area contributed by atoms with Gasteiger partial charge in [-0.25, -0.2) is 4.99 Å². The third-order valence-electron chi connectivity index (χ3n) is 4.00. The summed E-state index contributed by atoms with van der Waals surface area (Å²) in [6, 6.07) is 10.1. The quantitative estimate of drug-likeness (QED) is 0.317. The number of hydrogen-bond donors (Lipinski definition) is 2. The zero-order chi connectivity index (χ0) is 17.5. The summed E-state index contributed by atoms with van der Waals surface area (Å²) < 4.78 is 7.31. The van der Waals surface area contributed by atoms with Gasteiger partial charge >= 0.3 is 0 Å². The summed E-state index contributed by atoms with van der Waals surface area (Å²) in [4.78, 5) is 4.66. The van der Waals surface area contributed by atoms with Gasteiger partial charge in [-0.2, -0.15) is 0 Å². The monoisotopic (exact) mass is 468 g/mol. The average Bonchev–Trinajstić information content (AvgIpc) is 3.29. The number of halogens is 1. The van der Waals surface area contributed by atoms with Crippen molar-refractivity contribution in [2.45, 2.75) is 39.3 Å². The van der Waals surface area contributed by atoms with E-state index in [9.17, 15) is 0 Å². The van der Waals surface area contributed by atoms with E-state index in [1.165, 1.54) is 0 Å². The van der Waals surface area contributed by atoms with Crippen molar-refractivity contribution in [2.24, 2.45) is 4.99 Å². The molecule has 3 rings (SSSR count). The van der Waals surface area contributed by atoms with E-state index in [0.29, 0.717) is 12.6 Å². The first-order valence-corrected chi connectivity index (χ1v) is 8.62. The van der Waals surface area contributed by atoms with Crippen molar-refractivity contribution in [3.05, 3.63) is 54.4 Å². The Hall–Kier alpha value is -2.10. The highest BCUT2D eigenvalue weighted by atomic mass is 127. The summed E-state index contributed by atoms with van der Waals surface area (Å²) in [6.45, 7) is 5.48. The van der Waals surface area contributed by atoms with Crippen LogP contribution in [0.3, 0.4) is 0 Å². The van der Waals surface area contributed by atoms with Crippen molar-refractivity contribution < 1.29 is 4.42 Å². The smallest absolute Gasteiger partial charge is 0.191 e. The highest BCUT2D eigenvalue weighted by molar-refractivity contribution is 14.0. The zero-order valence-electron chi connectivity index (χ0n) is 15.1. The van der Waals surface area contributed by atoms with Crippen LogP contribution in [-0.4, -0.2) is 33.1 Å². The molecule has 0 saturated heterocycles. The maximum Gasteiger partial charge on any atom is 0.191 e. The predicted molar refractivity (Wildman–Crippen MR) is 113 cm³/mol. The second-order valence-corrected chi connectivity index (χ2v) is 5.92. The SMILES string of the molecule is CCC(C)NC(=NCc1nnc2ccccn12)NCCc1ccco1.I. The summed E-state index contributed by atoms with van der Waals surface area (Å²) in [5, 5.41) is 15.1. The molecule has 1 atom stereocenters. The van der Waals surface area contributed by atoms with Gasteiger partial charge in [0.1, 0.15) is 12.3 Å². The molecule has 0 amide bonds. The number of furan rings is 1. The third kappa shape index (κ3) is 5.45. The van der Waals surface area contributed by atoms with Crippen LogP contribution in [0, 0.1) is 0 Å². The number of aromatic nitrogens is 3. The zero-order valence-corrected chi connectivity index (χ0v) is 17.4. The van der Waals surface area contributed by atoms with E-state index in [1.54, 1.807) is 6.26 Å². The van der Waals surface area contributed by atoms with Crippen molar-refractivity contribution in [1.82, 2.24) is 25.2 Å². The van der Waals surface area contributed by atoms with Gasteiger partial charge in [0.2, 0.25) is 0 Å². The minimum atomic E-state index is 0. The number of nitrogens with zero attached hydrogens (tertiary/aromatic N) is 4. The Bertz CT molecular complexity index is 814. The van der Waals surface area contributed by atoms with Gasteiger partial charge in [0.05, 0.1) is 6.26 Å².